The van der Waals surface area contributed by atoms with E-state index in [9.17, 15) is 0 Å². The fourth-order valence-electron chi connectivity index (χ4n) is 1.53. The molecule has 0 atom stereocenters. The van der Waals surface area contributed by atoms with Crippen LogP contribution in [0.3, 0.4) is 0 Å². The third kappa shape index (κ3) is 1.77. The zero-order valence-electron chi connectivity index (χ0n) is 8.19. The van der Waals surface area contributed by atoms with Crippen LogP contribution in [0.2, 0.25) is 0 Å². The van der Waals surface area contributed by atoms with E-state index in [0.29, 0.717) is 0 Å². The molecule has 1 heterocycles. The second-order valence-electron chi connectivity index (χ2n) is 3.17. The van der Waals surface area contributed by atoms with Crippen LogP contribution in [0.4, 0.5) is 5.69 Å². The molecule has 0 bridgehead atoms. The first-order valence-corrected chi connectivity index (χ1v) is 4.68. The molecule has 0 saturated carbocycles. The zero-order chi connectivity index (χ0) is 9.80. The number of hydrogen-bond donors (Lipinski definition) is 0. The van der Waals surface area contributed by atoms with Gasteiger partial charge in [-0.1, -0.05) is 12.1 Å². The molecule has 0 fully saturated rings. The van der Waals surface area contributed by atoms with Gasteiger partial charge in [0.05, 0.1) is 0 Å². The molecule has 1 aliphatic rings. The van der Waals surface area contributed by atoms with Crippen LogP contribution in [0.25, 0.3) is 0 Å². The van der Waals surface area contributed by atoms with Gasteiger partial charge in [0.15, 0.2) is 6.79 Å². The van der Waals surface area contributed by atoms with Crippen LogP contribution in [-0.4, -0.2) is 20.1 Å². The number of hydrogen-bond acceptors (Lipinski definition) is 3. The summed E-state index contributed by atoms with van der Waals surface area (Å²) in [6, 6.07) is 6.00. The topological polar surface area (TPSA) is 30.8 Å². The van der Waals surface area contributed by atoms with Crippen molar-refractivity contribution in [2.75, 3.05) is 13.9 Å². The molecular formula is C11H13NO2. The molecule has 0 amide bonds. The van der Waals surface area contributed by atoms with Crippen LogP contribution in [0.15, 0.2) is 23.2 Å². The third-order valence-corrected chi connectivity index (χ3v) is 2.18. The second-order valence-corrected chi connectivity index (χ2v) is 3.17. The van der Waals surface area contributed by atoms with Crippen molar-refractivity contribution in [3.05, 3.63) is 23.8 Å². The van der Waals surface area contributed by atoms with E-state index >= 15 is 0 Å². The van der Waals surface area contributed by atoms with Gasteiger partial charge >= 0.3 is 0 Å². The number of rotatable bonds is 3. The van der Waals surface area contributed by atoms with E-state index in [2.05, 4.69) is 11.1 Å². The number of aliphatic imine (C=N–C) groups is 1. The van der Waals surface area contributed by atoms with Crippen molar-refractivity contribution in [1.82, 2.24) is 0 Å². The van der Waals surface area contributed by atoms with E-state index in [4.69, 9.17) is 9.47 Å². The molecule has 74 valence electrons. The Morgan fingerprint density at radius 3 is 3.21 bits per heavy atom. The third-order valence-electron chi connectivity index (χ3n) is 2.18. The predicted octanol–water partition coefficient (Wildman–Crippen LogP) is 2.32. The molecule has 0 unspecified atom stereocenters. The van der Waals surface area contributed by atoms with Crippen molar-refractivity contribution < 1.29 is 9.47 Å². The van der Waals surface area contributed by atoms with Crippen LogP contribution in [-0.2, 0) is 11.2 Å². The molecule has 14 heavy (non-hydrogen) atoms. The number of methoxy groups -OCH3 is 1. The van der Waals surface area contributed by atoms with E-state index in [1.807, 2.05) is 18.3 Å². The van der Waals surface area contributed by atoms with Gasteiger partial charge in [-0.25, -0.2) is 0 Å². The number of benzene rings is 1. The molecule has 3 nitrogen and oxygen atoms in total. The smallest absolute Gasteiger partial charge is 0.188 e. The van der Waals surface area contributed by atoms with Gasteiger partial charge in [0.25, 0.3) is 0 Å². The maximum absolute atomic E-state index is 5.42. The van der Waals surface area contributed by atoms with E-state index in [1.54, 1.807) is 7.11 Å². The minimum absolute atomic E-state index is 0.270. The van der Waals surface area contributed by atoms with Crippen molar-refractivity contribution in [3.8, 4) is 5.75 Å². The lowest BCUT2D eigenvalue weighted by Gasteiger charge is -2.13. The summed E-state index contributed by atoms with van der Waals surface area (Å²) in [5.41, 5.74) is 2.21. The van der Waals surface area contributed by atoms with Crippen LogP contribution < -0.4 is 4.74 Å². The summed E-state index contributed by atoms with van der Waals surface area (Å²) in [7, 11) is 1.61. The standard InChI is InChI=1S/C11H13NO2/c1-13-8-14-10-6-2-4-9-5-3-7-12-11(9)10/h2,4,6-7H,3,5,8H2,1H3. The first kappa shape index (κ1) is 9.21. The van der Waals surface area contributed by atoms with Crippen LogP contribution >= 0.6 is 0 Å². The van der Waals surface area contributed by atoms with Crippen molar-refractivity contribution >= 4 is 11.9 Å². The molecule has 0 N–H and O–H groups in total. The van der Waals surface area contributed by atoms with E-state index < -0.39 is 0 Å². The average molecular weight is 191 g/mol. The van der Waals surface area contributed by atoms with Crippen molar-refractivity contribution in [3.63, 3.8) is 0 Å². The number of nitrogens with zero attached hydrogens (tertiary/aromatic N) is 1. The molecule has 1 aromatic carbocycles. The Morgan fingerprint density at radius 2 is 2.36 bits per heavy atom. The first-order valence-electron chi connectivity index (χ1n) is 4.68. The van der Waals surface area contributed by atoms with Gasteiger partial charge in [-0.05, 0) is 24.5 Å². The number of fused-ring (bicyclic) bond motifs is 1. The zero-order valence-corrected chi connectivity index (χ0v) is 8.19. The Morgan fingerprint density at radius 1 is 1.43 bits per heavy atom. The van der Waals surface area contributed by atoms with Gasteiger partial charge < -0.3 is 9.47 Å². The predicted molar refractivity (Wildman–Crippen MR) is 55.4 cm³/mol. The fraction of sp³-hybridized carbons (Fsp3) is 0.364. The van der Waals surface area contributed by atoms with Gasteiger partial charge in [0, 0.05) is 13.3 Å². The molecule has 1 aliphatic heterocycles. The van der Waals surface area contributed by atoms with Crippen LogP contribution in [0.1, 0.15) is 12.0 Å². The maximum Gasteiger partial charge on any atom is 0.188 e. The fourth-order valence-corrected chi connectivity index (χ4v) is 1.53. The summed E-state index contributed by atoms with van der Waals surface area (Å²) in [4.78, 5) is 4.34. The lowest BCUT2D eigenvalue weighted by atomic mass is 10.1. The molecule has 3 heteroatoms. The van der Waals surface area contributed by atoms with Gasteiger partial charge in [0.2, 0.25) is 0 Å². The summed E-state index contributed by atoms with van der Waals surface area (Å²) in [5, 5.41) is 0. The highest BCUT2D eigenvalue weighted by Gasteiger charge is 2.10. The largest absolute Gasteiger partial charge is 0.465 e. The summed E-state index contributed by atoms with van der Waals surface area (Å²) in [5.74, 6) is 0.806. The molecule has 0 spiro atoms. The van der Waals surface area contributed by atoms with E-state index in [-0.39, 0.29) is 6.79 Å². The summed E-state index contributed by atoms with van der Waals surface area (Å²) in [6.07, 6.45) is 3.99. The molecule has 2 rings (SSSR count). The lowest BCUT2D eigenvalue weighted by molar-refractivity contribution is 0.0515. The quantitative estimate of drug-likeness (QED) is 0.686. The normalized spacial score (nSPS) is 13.8. The molecule has 0 aliphatic carbocycles. The Balaban J connectivity index is 2.28. The molecule has 1 aromatic rings. The molecule has 0 aromatic heterocycles. The van der Waals surface area contributed by atoms with E-state index in [1.165, 1.54) is 5.56 Å². The van der Waals surface area contributed by atoms with Crippen molar-refractivity contribution in [2.45, 2.75) is 12.8 Å². The minimum atomic E-state index is 0.270. The first-order chi connectivity index (χ1) is 6.92. The molecular weight excluding hydrogens is 178 g/mol. The Bertz CT molecular complexity index is 347. The Labute approximate surface area is 83.4 Å². The van der Waals surface area contributed by atoms with Gasteiger partial charge in [-0.2, -0.15) is 0 Å². The number of ether oxygens (including phenoxy) is 2. The number of para-hydroxylation sites is 1. The number of aryl methyl sites for hydroxylation is 1. The van der Waals surface area contributed by atoms with Crippen molar-refractivity contribution in [2.24, 2.45) is 4.99 Å². The highest BCUT2D eigenvalue weighted by Crippen LogP contribution is 2.33. The molecule has 0 radical (unpaired) electrons. The Hall–Kier alpha value is -1.35. The van der Waals surface area contributed by atoms with Gasteiger partial charge in [-0.15, -0.1) is 0 Å². The summed E-state index contributed by atoms with van der Waals surface area (Å²) in [6.45, 7) is 0.270. The van der Waals surface area contributed by atoms with Crippen LogP contribution in [0.5, 0.6) is 5.75 Å². The highest BCUT2D eigenvalue weighted by atomic mass is 16.7. The summed E-state index contributed by atoms with van der Waals surface area (Å²) >= 11 is 0. The second kappa shape index (κ2) is 4.24. The highest BCUT2D eigenvalue weighted by molar-refractivity contribution is 5.72. The van der Waals surface area contributed by atoms with E-state index in [0.717, 1.165) is 24.3 Å². The van der Waals surface area contributed by atoms with Gasteiger partial charge in [0.1, 0.15) is 11.4 Å². The monoisotopic (exact) mass is 191 g/mol. The minimum Gasteiger partial charge on any atom is -0.465 e. The Kier molecular flexibility index (Phi) is 2.79. The van der Waals surface area contributed by atoms with Crippen molar-refractivity contribution in [1.29, 1.82) is 0 Å². The SMILES string of the molecule is COCOc1cccc2c1N=CCC2. The maximum atomic E-state index is 5.42. The molecule has 0 saturated heterocycles. The van der Waals surface area contributed by atoms with Gasteiger partial charge in [-0.3, -0.25) is 4.99 Å². The average Bonchev–Trinajstić information content (AvgIpc) is 2.26. The summed E-state index contributed by atoms with van der Waals surface area (Å²) < 4.78 is 10.3. The van der Waals surface area contributed by atoms with Crippen LogP contribution in [0, 0.1) is 0 Å². The lowest BCUT2D eigenvalue weighted by Crippen LogP contribution is -2.01.